The highest BCUT2D eigenvalue weighted by atomic mass is 16.2. The molecule has 1 amide bonds. The Labute approximate surface area is 196 Å². The van der Waals surface area contributed by atoms with E-state index < -0.39 is 0 Å². The van der Waals surface area contributed by atoms with Gasteiger partial charge in [-0.25, -0.2) is 4.98 Å². The monoisotopic (exact) mass is 455 g/mol. The van der Waals surface area contributed by atoms with Crippen molar-refractivity contribution in [3.63, 3.8) is 0 Å². The van der Waals surface area contributed by atoms with Gasteiger partial charge in [0.25, 0.3) is 5.56 Å². The molecule has 1 fully saturated rings. The van der Waals surface area contributed by atoms with Crippen molar-refractivity contribution in [3.05, 3.63) is 77.5 Å². The van der Waals surface area contributed by atoms with Crippen molar-refractivity contribution in [2.75, 3.05) is 28.6 Å². The number of aromatic nitrogens is 4. The highest BCUT2D eigenvalue weighted by Gasteiger charge is 2.13. The number of anilines is 4. The maximum absolute atomic E-state index is 12.6. The van der Waals surface area contributed by atoms with E-state index in [2.05, 4.69) is 30.7 Å². The third-order valence-corrected chi connectivity index (χ3v) is 5.86. The first-order valence-corrected chi connectivity index (χ1v) is 11.3. The molecule has 1 saturated heterocycles. The molecule has 34 heavy (non-hydrogen) atoms. The molecule has 1 aliphatic heterocycles. The first-order valence-electron chi connectivity index (χ1n) is 11.3. The number of fused-ring (bicyclic) bond motifs is 1. The van der Waals surface area contributed by atoms with Gasteiger partial charge < -0.3 is 15.5 Å². The van der Waals surface area contributed by atoms with Crippen molar-refractivity contribution in [3.8, 4) is 0 Å². The number of benzene rings is 2. The minimum Gasteiger partial charge on any atom is -0.370 e. The van der Waals surface area contributed by atoms with Crippen molar-refractivity contribution in [2.45, 2.75) is 25.8 Å². The Hall–Kier alpha value is -4.27. The van der Waals surface area contributed by atoms with E-state index in [-0.39, 0.29) is 24.4 Å². The second kappa shape index (κ2) is 9.70. The molecular formula is C25H25N7O2. The standard InChI is InChI=1S/C25H25N7O2/c33-24(11-14-32-17-26-22-6-2-1-5-21(22)25(32)34)29-19-9-7-18(8-10-19)28-23-15-20(16-27-30-23)31-12-3-4-13-31/h1-2,5-10,15-17H,3-4,11-14H2,(H,28,30)(H,29,33). The van der Waals surface area contributed by atoms with Gasteiger partial charge in [0, 0.05) is 43.5 Å². The lowest BCUT2D eigenvalue weighted by molar-refractivity contribution is -0.116. The van der Waals surface area contributed by atoms with Gasteiger partial charge in [-0.1, -0.05) is 12.1 Å². The Bertz CT molecular complexity index is 1360. The van der Waals surface area contributed by atoms with E-state index >= 15 is 0 Å². The van der Waals surface area contributed by atoms with Gasteiger partial charge in [0.2, 0.25) is 5.91 Å². The van der Waals surface area contributed by atoms with E-state index in [1.807, 2.05) is 36.4 Å². The Morgan fingerprint density at radius 1 is 1.00 bits per heavy atom. The fourth-order valence-electron chi connectivity index (χ4n) is 4.06. The molecule has 2 aromatic carbocycles. The van der Waals surface area contributed by atoms with E-state index in [1.165, 1.54) is 23.7 Å². The van der Waals surface area contributed by atoms with Crippen LogP contribution in [0.25, 0.3) is 10.9 Å². The maximum Gasteiger partial charge on any atom is 0.261 e. The average molecular weight is 456 g/mol. The maximum atomic E-state index is 12.6. The normalized spacial score (nSPS) is 13.2. The number of hydrogen-bond donors (Lipinski definition) is 2. The number of rotatable bonds is 7. The van der Waals surface area contributed by atoms with E-state index in [1.54, 1.807) is 24.4 Å². The molecular weight excluding hydrogens is 430 g/mol. The van der Waals surface area contributed by atoms with E-state index in [0.29, 0.717) is 22.4 Å². The molecule has 0 aliphatic carbocycles. The number of nitrogens with one attached hydrogen (secondary N) is 2. The predicted octanol–water partition coefficient (Wildman–Crippen LogP) is 3.56. The fraction of sp³-hybridized carbons (Fsp3) is 0.240. The number of carbonyl (C=O) groups excluding carboxylic acids is 1. The molecule has 3 heterocycles. The molecule has 2 aromatic heterocycles. The molecule has 0 spiro atoms. The number of hydrogen-bond acceptors (Lipinski definition) is 7. The van der Waals surface area contributed by atoms with Crippen LogP contribution in [0.1, 0.15) is 19.3 Å². The zero-order valence-electron chi connectivity index (χ0n) is 18.6. The van der Waals surface area contributed by atoms with Gasteiger partial charge in [-0.2, -0.15) is 5.10 Å². The number of amides is 1. The zero-order valence-corrected chi connectivity index (χ0v) is 18.6. The van der Waals surface area contributed by atoms with Gasteiger partial charge >= 0.3 is 0 Å². The molecule has 0 atom stereocenters. The van der Waals surface area contributed by atoms with E-state index in [4.69, 9.17) is 0 Å². The molecule has 172 valence electrons. The third-order valence-electron chi connectivity index (χ3n) is 5.86. The van der Waals surface area contributed by atoms with Gasteiger partial charge in [0.1, 0.15) is 0 Å². The molecule has 5 rings (SSSR count). The Kier molecular flexibility index (Phi) is 6.15. The second-order valence-corrected chi connectivity index (χ2v) is 8.25. The lowest BCUT2D eigenvalue weighted by atomic mass is 10.2. The summed E-state index contributed by atoms with van der Waals surface area (Å²) in [5.41, 5.74) is 3.09. The van der Waals surface area contributed by atoms with Crippen molar-refractivity contribution in [1.29, 1.82) is 0 Å². The number of aryl methyl sites for hydroxylation is 1. The summed E-state index contributed by atoms with van der Waals surface area (Å²) in [5.74, 6) is 0.501. The molecule has 0 radical (unpaired) electrons. The third kappa shape index (κ3) is 4.88. The second-order valence-electron chi connectivity index (χ2n) is 8.25. The average Bonchev–Trinajstić information content (AvgIpc) is 3.41. The van der Waals surface area contributed by atoms with Crippen LogP contribution in [-0.4, -0.2) is 38.7 Å². The van der Waals surface area contributed by atoms with Crippen LogP contribution >= 0.6 is 0 Å². The molecule has 9 nitrogen and oxygen atoms in total. The van der Waals surface area contributed by atoms with Crippen LogP contribution < -0.4 is 21.1 Å². The summed E-state index contributed by atoms with van der Waals surface area (Å²) in [6.45, 7) is 2.35. The molecule has 2 N–H and O–H groups in total. The van der Waals surface area contributed by atoms with E-state index in [9.17, 15) is 9.59 Å². The fourth-order valence-corrected chi connectivity index (χ4v) is 4.06. The summed E-state index contributed by atoms with van der Waals surface area (Å²) in [6.07, 6.45) is 5.85. The first kappa shape index (κ1) is 21.6. The molecule has 4 aromatic rings. The van der Waals surface area contributed by atoms with Gasteiger partial charge in [-0.05, 0) is 49.2 Å². The predicted molar refractivity (Wildman–Crippen MR) is 132 cm³/mol. The quantitative estimate of drug-likeness (QED) is 0.439. The van der Waals surface area contributed by atoms with Crippen LogP contribution in [0.4, 0.5) is 22.9 Å². The van der Waals surface area contributed by atoms with Crippen molar-refractivity contribution in [1.82, 2.24) is 19.7 Å². The molecule has 0 saturated carbocycles. The van der Waals surface area contributed by atoms with Gasteiger partial charge in [-0.3, -0.25) is 14.2 Å². The van der Waals surface area contributed by atoms with Crippen molar-refractivity contribution >= 4 is 39.7 Å². The highest BCUT2D eigenvalue weighted by molar-refractivity contribution is 5.90. The number of carbonyl (C=O) groups is 1. The number of nitrogens with zero attached hydrogens (tertiary/aromatic N) is 5. The minimum absolute atomic E-state index is 0.147. The number of para-hydroxylation sites is 1. The highest BCUT2D eigenvalue weighted by Crippen LogP contribution is 2.23. The molecule has 9 heteroatoms. The van der Waals surface area contributed by atoms with Gasteiger partial charge in [0.15, 0.2) is 5.82 Å². The smallest absolute Gasteiger partial charge is 0.261 e. The topological polar surface area (TPSA) is 105 Å². The van der Waals surface area contributed by atoms with Gasteiger partial charge in [-0.15, -0.1) is 5.10 Å². The van der Waals surface area contributed by atoms with Crippen LogP contribution in [-0.2, 0) is 11.3 Å². The summed E-state index contributed by atoms with van der Waals surface area (Å²) < 4.78 is 1.46. The van der Waals surface area contributed by atoms with E-state index in [0.717, 1.165) is 24.5 Å². The summed E-state index contributed by atoms with van der Waals surface area (Å²) in [7, 11) is 0. The van der Waals surface area contributed by atoms with Crippen LogP contribution in [0.15, 0.2) is 71.9 Å². The lowest BCUT2D eigenvalue weighted by Crippen LogP contribution is -2.23. The Balaban J connectivity index is 1.17. The van der Waals surface area contributed by atoms with Crippen LogP contribution in [0.5, 0.6) is 0 Å². The van der Waals surface area contributed by atoms with Crippen molar-refractivity contribution < 1.29 is 4.79 Å². The summed E-state index contributed by atoms with van der Waals surface area (Å²) in [5, 5.41) is 14.9. The summed E-state index contributed by atoms with van der Waals surface area (Å²) in [6, 6.07) is 16.6. The largest absolute Gasteiger partial charge is 0.370 e. The first-order chi connectivity index (χ1) is 16.7. The zero-order chi connectivity index (χ0) is 23.3. The van der Waals surface area contributed by atoms with Crippen LogP contribution in [0.2, 0.25) is 0 Å². The molecule has 0 bridgehead atoms. The Morgan fingerprint density at radius 2 is 1.76 bits per heavy atom. The summed E-state index contributed by atoms with van der Waals surface area (Å²) >= 11 is 0. The van der Waals surface area contributed by atoms with Crippen molar-refractivity contribution in [2.24, 2.45) is 0 Å². The van der Waals surface area contributed by atoms with Crippen LogP contribution in [0.3, 0.4) is 0 Å². The SMILES string of the molecule is O=C(CCn1cnc2ccccc2c1=O)Nc1ccc(Nc2cc(N3CCCC3)cnn2)cc1. The Morgan fingerprint density at radius 3 is 2.59 bits per heavy atom. The molecule has 1 aliphatic rings. The van der Waals surface area contributed by atoms with Crippen LogP contribution in [0, 0.1) is 0 Å². The minimum atomic E-state index is -0.176. The molecule has 0 unspecified atom stereocenters. The van der Waals surface area contributed by atoms with Gasteiger partial charge in [0.05, 0.1) is 29.1 Å². The lowest BCUT2D eigenvalue weighted by Gasteiger charge is -2.17. The summed E-state index contributed by atoms with van der Waals surface area (Å²) in [4.78, 5) is 31.6.